The van der Waals surface area contributed by atoms with E-state index >= 15 is 0 Å². The molecule has 0 saturated heterocycles. The largest absolute Gasteiger partial charge is 0.461 e. The van der Waals surface area contributed by atoms with E-state index in [0.717, 1.165) is 0 Å². The van der Waals surface area contributed by atoms with Gasteiger partial charge in [-0.2, -0.15) is 0 Å². The van der Waals surface area contributed by atoms with E-state index < -0.39 is 29.5 Å². The molecule has 1 aromatic heterocycles. The van der Waals surface area contributed by atoms with Gasteiger partial charge >= 0.3 is 12.1 Å². The van der Waals surface area contributed by atoms with Gasteiger partial charge in [0.1, 0.15) is 17.1 Å². The number of hydrogen-bond donors (Lipinski definition) is 1. The molecule has 1 amide bonds. The van der Waals surface area contributed by atoms with E-state index in [4.69, 9.17) is 9.47 Å². The van der Waals surface area contributed by atoms with Crippen molar-refractivity contribution in [3.63, 3.8) is 0 Å². The molecule has 0 aliphatic heterocycles. The maximum Gasteiger partial charge on any atom is 0.407 e. The second-order valence-corrected chi connectivity index (χ2v) is 7.03. The number of hydrogen-bond acceptors (Lipinski definition) is 4. The second-order valence-electron chi connectivity index (χ2n) is 7.03. The Labute approximate surface area is 152 Å². The van der Waals surface area contributed by atoms with Crippen LogP contribution in [0.15, 0.2) is 24.3 Å². The maximum atomic E-state index is 14.4. The lowest BCUT2D eigenvalue weighted by Gasteiger charge is -2.22. The molecule has 1 aromatic carbocycles. The summed E-state index contributed by atoms with van der Waals surface area (Å²) in [5, 5.41) is 3.25. The highest BCUT2D eigenvalue weighted by atomic mass is 19.1. The van der Waals surface area contributed by atoms with E-state index in [1.54, 1.807) is 57.4 Å². The van der Waals surface area contributed by atoms with Crippen LogP contribution in [0, 0.1) is 5.82 Å². The van der Waals surface area contributed by atoms with Crippen molar-refractivity contribution in [1.29, 1.82) is 0 Å². The van der Waals surface area contributed by atoms with Crippen molar-refractivity contribution in [3.05, 3.63) is 35.8 Å². The first-order valence-corrected chi connectivity index (χ1v) is 8.57. The Kier molecular flexibility index (Phi) is 5.90. The smallest absolute Gasteiger partial charge is 0.407 e. The van der Waals surface area contributed by atoms with Crippen LogP contribution in [-0.2, 0) is 9.47 Å². The zero-order valence-electron chi connectivity index (χ0n) is 15.8. The van der Waals surface area contributed by atoms with Crippen LogP contribution in [0.4, 0.5) is 9.18 Å². The van der Waals surface area contributed by atoms with E-state index in [0.29, 0.717) is 10.9 Å². The molecule has 142 valence electrons. The van der Waals surface area contributed by atoms with Gasteiger partial charge in [-0.25, -0.2) is 14.0 Å². The number of para-hydroxylation sites is 1. The summed E-state index contributed by atoms with van der Waals surface area (Å²) >= 11 is 0. The molecule has 2 rings (SSSR count). The van der Waals surface area contributed by atoms with Gasteiger partial charge in [-0.05, 0) is 46.8 Å². The van der Waals surface area contributed by atoms with E-state index in [-0.39, 0.29) is 18.8 Å². The zero-order valence-corrected chi connectivity index (χ0v) is 15.8. The van der Waals surface area contributed by atoms with Crippen molar-refractivity contribution in [1.82, 2.24) is 9.88 Å². The Balaban J connectivity index is 2.32. The monoisotopic (exact) mass is 364 g/mol. The van der Waals surface area contributed by atoms with Crippen molar-refractivity contribution in [2.75, 3.05) is 13.2 Å². The number of fused-ring (bicyclic) bond motifs is 1. The first-order valence-electron chi connectivity index (χ1n) is 8.57. The predicted octanol–water partition coefficient (Wildman–Crippen LogP) is 4.04. The molecule has 1 unspecified atom stereocenters. The summed E-state index contributed by atoms with van der Waals surface area (Å²) in [6.45, 7) is 9.18. The van der Waals surface area contributed by atoms with Gasteiger partial charge in [0.05, 0.1) is 12.1 Å². The van der Waals surface area contributed by atoms with Crippen molar-refractivity contribution < 1.29 is 23.5 Å². The molecule has 0 aliphatic carbocycles. The summed E-state index contributed by atoms with van der Waals surface area (Å²) in [6, 6.07) is 5.85. The standard InChI is InChI=1S/C19H25FN2O4/c1-6-25-17(23)15-10-13-8-7-9-14(20)16(13)22(15)12(2)11-21-18(24)26-19(3,4)5/h7-10,12H,6,11H2,1-5H3,(H,21,24). The SMILES string of the molecule is CCOC(=O)c1cc2cccc(F)c2n1C(C)CNC(=O)OC(C)(C)C. The maximum absolute atomic E-state index is 14.4. The predicted molar refractivity (Wildman–Crippen MR) is 96.8 cm³/mol. The first-order chi connectivity index (χ1) is 12.1. The Bertz CT molecular complexity index is 808. The Hall–Kier alpha value is -2.57. The number of amides is 1. The van der Waals surface area contributed by atoms with Crippen molar-refractivity contribution >= 4 is 23.0 Å². The number of nitrogens with one attached hydrogen (secondary N) is 1. The highest BCUT2D eigenvalue weighted by molar-refractivity contribution is 5.96. The summed E-state index contributed by atoms with van der Waals surface area (Å²) in [7, 11) is 0. The van der Waals surface area contributed by atoms with Crippen molar-refractivity contribution in [3.8, 4) is 0 Å². The van der Waals surface area contributed by atoms with Crippen molar-refractivity contribution in [2.45, 2.75) is 46.3 Å². The summed E-state index contributed by atoms with van der Waals surface area (Å²) in [5.41, 5.74) is -0.0742. The lowest BCUT2D eigenvalue weighted by Crippen LogP contribution is -2.35. The molecule has 0 bridgehead atoms. The fourth-order valence-electron chi connectivity index (χ4n) is 2.70. The molecule has 7 heteroatoms. The van der Waals surface area contributed by atoms with Gasteiger partial charge in [-0.3, -0.25) is 0 Å². The number of esters is 1. The first kappa shape index (κ1) is 19.8. The minimum atomic E-state index is -0.615. The molecule has 0 spiro atoms. The number of carbonyl (C=O) groups excluding carboxylic acids is 2. The van der Waals surface area contributed by atoms with Gasteiger partial charge in [0.15, 0.2) is 0 Å². The molecule has 6 nitrogen and oxygen atoms in total. The van der Waals surface area contributed by atoms with Gasteiger partial charge in [-0.1, -0.05) is 12.1 Å². The minimum Gasteiger partial charge on any atom is -0.461 e. The van der Waals surface area contributed by atoms with E-state index in [9.17, 15) is 14.0 Å². The number of halogens is 1. The third-order valence-corrected chi connectivity index (χ3v) is 3.68. The van der Waals surface area contributed by atoms with E-state index in [2.05, 4.69) is 5.32 Å². The zero-order chi connectivity index (χ0) is 19.5. The van der Waals surface area contributed by atoms with Gasteiger partial charge in [0, 0.05) is 18.0 Å². The highest BCUT2D eigenvalue weighted by Gasteiger charge is 2.23. The van der Waals surface area contributed by atoms with Crippen LogP contribution < -0.4 is 5.32 Å². The molecule has 1 N–H and O–H groups in total. The molecule has 0 saturated carbocycles. The minimum absolute atomic E-state index is 0.166. The van der Waals surface area contributed by atoms with Crippen LogP contribution in [0.2, 0.25) is 0 Å². The molecule has 0 fully saturated rings. The normalized spacial score (nSPS) is 12.7. The molecule has 2 aromatic rings. The van der Waals surface area contributed by atoms with Crippen LogP contribution in [0.3, 0.4) is 0 Å². The molecule has 26 heavy (non-hydrogen) atoms. The number of alkyl carbamates (subject to hydrolysis) is 1. The second kappa shape index (κ2) is 7.76. The van der Waals surface area contributed by atoms with Crippen molar-refractivity contribution in [2.24, 2.45) is 0 Å². The number of carbonyl (C=O) groups is 2. The van der Waals surface area contributed by atoms with Crippen LogP contribution in [0.5, 0.6) is 0 Å². The number of ether oxygens (including phenoxy) is 2. The van der Waals surface area contributed by atoms with Gasteiger partial charge in [0.2, 0.25) is 0 Å². The van der Waals surface area contributed by atoms with Crippen LogP contribution in [0.25, 0.3) is 10.9 Å². The average molecular weight is 364 g/mol. The summed E-state index contributed by atoms with van der Waals surface area (Å²) in [6.07, 6.45) is -0.570. The molecule has 0 aliphatic rings. The fourth-order valence-corrected chi connectivity index (χ4v) is 2.70. The van der Waals surface area contributed by atoms with Gasteiger partial charge in [-0.15, -0.1) is 0 Å². The Morgan fingerprint density at radius 3 is 2.62 bits per heavy atom. The number of aromatic nitrogens is 1. The Morgan fingerprint density at radius 1 is 1.31 bits per heavy atom. The summed E-state index contributed by atoms with van der Waals surface area (Å²) < 4.78 is 26.3. The topological polar surface area (TPSA) is 69.6 Å². The van der Waals surface area contributed by atoms with Crippen LogP contribution in [-0.4, -0.2) is 35.4 Å². The number of nitrogens with zero attached hydrogens (tertiary/aromatic N) is 1. The lowest BCUT2D eigenvalue weighted by atomic mass is 10.2. The average Bonchev–Trinajstić information content (AvgIpc) is 2.92. The number of rotatable bonds is 5. The van der Waals surface area contributed by atoms with Gasteiger partial charge < -0.3 is 19.4 Å². The van der Waals surface area contributed by atoms with Crippen LogP contribution in [0.1, 0.15) is 51.1 Å². The van der Waals surface area contributed by atoms with E-state index in [1.807, 2.05) is 0 Å². The summed E-state index contributed by atoms with van der Waals surface area (Å²) in [5.74, 6) is -0.977. The molecule has 1 atom stereocenters. The quantitative estimate of drug-likeness (QED) is 0.813. The fraction of sp³-hybridized carbons (Fsp3) is 0.474. The number of benzene rings is 1. The third kappa shape index (κ3) is 4.53. The van der Waals surface area contributed by atoms with Gasteiger partial charge in [0.25, 0.3) is 0 Å². The molecule has 1 heterocycles. The lowest BCUT2D eigenvalue weighted by molar-refractivity contribution is 0.0512. The third-order valence-electron chi connectivity index (χ3n) is 3.68. The summed E-state index contributed by atoms with van der Waals surface area (Å²) in [4.78, 5) is 24.2. The Morgan fingerprint density at radius 2 is 2.00 bits per heavy atom. The van der Waals surface area contributed by atoms with E-state index in [1.165, 1.54) is 6.07 Å². The molecular formula is C19H25FN2O4. The molecular weight excluding hydrogens is 339 g/mol. The molecule has 0 radical (unpaired) electrons. The van der Waals surface area contributed by atoms with Crippen LogP contribution >= 0.6 is 0 Å². The highest BCUT2D eigenvalue weighted by Crippen LogP contribution is 2.27.